The number of hydrogen-bond donors (Lipinski definition) is 2. The first kappa shape index (κ1) is 21.4. The summed E-state index contributed by atoms with van der Waals surface area (Å²) < 4.78 is 5.47. The molecule has 1 saturated heterocycles. The average molecular weight is 465 g/mol. The molecule has 3 N–H and O–H groups in total. The zero-order valence-corrected chi connectivity index (χ0v) is 18.8. The van der Waals surface area contributed by atoms with Gasteiger partial charge in [-0.2, -0.15) is 5.48 Å². The van der Waals surface area contributed by atoms with E-state index in [4.69, 9.17) is 16.1 Å². The van der Waals surface area contributed by atoms with Crippen molar-refractivity contribution in [3.8, 4) is 11.3 Å². The Balaban J connectivity index is 1.39. The van der Waals surface area contributed by atoms with E-state index in [-0.39, 0.29) is 5.91 Å². The third kappa shape index (κ3) is 3.93. The maximum absolute atomic E-state index is 13.5. The van der Waals surface area contributed by atoms with Crippen molar-refractivity contribution in [2.45, 2.75) is 6.92 Å². The van der Waals surface area contributed by atoms with Crippen molar-refractivity contribution in [1.29, 1.82) is 0 Å². The molecule has 5 rings (SSSR count). The fourth-order valence-corrected chi connectivity index (χ4v) is 4.61. The molecule has 9 heteroatoms. The molecular weight excluding hydrogens is 442 g/mol. The second kappa shape index (κ2) is 8.82. The third-order valence-corrected chi connectivity index (χ3v) is 6.34. The van der Waals surface area contributed by atoms with Gasteiger partial charge in [0.25, 0.3) is 5.91 Å². The molecule has 0 spiro atoms. The van der Waals surface area contributed by atoms with Crippen molar-refractivity contribution >= 4 is 39.7 Å². The van der Waals surface area contributed by atoms with E-state index in [0.29, 0.717) is 53.9 Å². The van der Waals surface area contributed by atoms with Gasteiger partial charge in [-0.15, -0.1) is 0 Å². The number of fused-ring (bicyclic) bond motifs is 1. The topological polar surface area (TPSA) is 99.3 Å². The van der Waals surface area contributed by atoms with Crippen LogP contribution in [0.25, 0.3) is 22.0 Å². The molecule has 2 aromatic heterocycles. The van der Waals surface area contributed by atoms with Crippen LogP contribution in [0.3, 0.4) is 0 Å². The minimum absolute atomic E-state index is 0.0919. The minimum Gasteiger partial charge on any atom is -0.367 e. The summed E-state index contributed by atoms with van der Waals surface area (Å²) in [4.78, 5) is 21.7. The van der Waals surface area contributed by atoms with Gasteiger partial charge in [0, 0.05) is 61.7 Å². The second-order valence-electron chi connectivity index (χ2n) is 7.98. The van der Waals surface area contributed by atoms with Crippen molar-refractivity contribution in [2.24, 2.45) is 0 Å². The van der Waals surface area contributed by atoms with Crippen LogP contribution in [0.2, 0.25) is 5.02 Å². The highest BCUT2D eigenvalue weighted by Gasteiger charge is 2.29. The summed E-state index contributed by atoms with van der Waals surface area (Å²) in [5.41, 5.74) is 4.46. The number of quaternary nitrogens is 1. The summed E-state index contributed by atoms with van der Waals surface area (Å²) in [6, 6.07) is 13.2. The van der Waals surface area contributed by atoms with E-state index < -0.39 is 0 Å². The molecule has 4 aromatic rings. The number of rotatable bonds is 4. The number of nitrogens with two attached hydrogens (primary N) is 1. The van der Waals surface area contributed by atoms with Gasteiger partial charge in [0.1, 0.15) is 17.0 Å². The van der Waals surface area contributed by atoms with Gasteiger partial charge in [-0.25, -0.2) is 5.21 Å². The van der Waals surface area contributed by atoms with Gasteiger partial charge in [0.2, 0.25) is 0 Å². The van der Waals surface area contributed by atoms with Gasteiger partial charge < -0.3 is 14.3 Å². The molecule has 1 amide bonds. The predicted octanol–water partition coefficient (Wildman–Crippen LogP) is 3.40. The van der Waals surface area contributed by atoms with Crippen molar-refractivity contribution < 1.29 is 20.0 Å². The number of benzene rings is 2. The molecule has 0 aliphatic carbocycles. The lowest BCUT2D eigenvalue weighted by atomic mass is 9.99. The van der Waals surface area contributed by atoms with Crippen LogP contribution in [0.15, 0.2) is 59.4 Å². The summed E-state index contributed by atoms with van der Waals surface area (Å²) in [6.07, 6.45) is 3.53. The number of aromatic nitrogens is 2. The summed E-state index contributed by atoms with van der Waals surface area (Å²) >= 11 is 6.40. The fourth-order valence-electron chi connectivity index (χ4n) is 4.31. The monoisotopic (exact) mass is 464 g/mol. The first-order valence-electron chi connectivity index (χ1n) is 10.7. The van der Waals surface area contributed by atoms with E-state index in [1.54, 1.807) is 25.4 Å². The largest absolute Gasteiger partial charge is 0.367 e. The molecule has 0 radical (unpaired) electrons. The average Bonchev–Trinajstić information content (AvgIpc) is 3.24. The molecule has 0 saturated carbocycles. The standard InChI is InChI=1S/C24H22ClN5O3/c1-15-22(23(28-33-15)19-4-2-3-16-14-26-8-7-18(16)19)24(31)30-11-9-29(10-12-30)21-6-5-17(27-32)13-20(21)25/h2-8,13-14,27,32H,9-12H2,1H3/p+1. The minimum atomic E-state index is -0.0919. The molecule has 2 aromatic carbocycles. The first-order valence-corrected chi connectivity index (χ1v) is 11.0. The van der Waals surface area contributed by atoms with Crippen molar-refractivity contribution in [3.63, 3.8) is 0 Å². The van der Waals surface area contributed by atoms with Crippen LogP contribution in [-0.4, -0.2) is 52.3 Å². The highest BCUT2D eigenvalue weighted by Crippen LogP contribution is 2.33. The lowest BCUT2D eigenvalue weighted by Gasteiger charge is -2.36. The highest BCUT2D eigenvalue weighted by molar-refractivity contribution is 6.33. The highest BCUT2D eigenvalue weighted by atomic mass is 35.5. The zero-order valence-electron chi connectivity index (χ0n) is 18.0. The Labute approximate surface area is 195 Å². The fraction of sp³-hybridized carbons (Fsp3) is 0.208. The molecule has 33 heavy (non-hydrogen) atoms. The van der Waals surface area contributed by atoms with Crippen molar-refractivity contribution in [1.82, 2.24) is 15.0 Å². The van der Waals surface area contributed by atoms with E-state index in [1.165, 1.54) is 0 Å². The van der Waals surface area contributed by atoms with Gasteiger partial charge >= 0.3 is 0 Å². The molecule has 1 aliphatic heterocycles. The first-order chi connectivity index (χ1) is 16.1. The molecule has 0 atom stereocenters. The Morgan fingerprint density at radius 1 is 1.15 bits per heavy atom. The van der Waals surface area contributed by atoms with Crippen molar-refractivity contribution in [2.75, 3.05) is 31.1 Å². The predicted molar refractivity (Wildman–Crippen MR) is 125 cm³/mol. The molecule has 168 valence electrons. The zero-order chi connectivity index (χ0) is 22.9. The maximum atomic E-state index is 13.5. The van der Waals surface area contributed by atoms with Gasteiger partial charge in [-0.1, -0.05) is 35.0 Å². The number of anilines is 1. The van der Waals surface area contributed by atoms with Gasteiger partial charge in [-0.05, 0) is 24.4 Å². The van der Waals surface area contributed by atoms with Gasteiger partial charge in [-0.3, -0.25) is 9.78 Å². The van der Waals surface area contributed by atoms with E-state index in [1.807, 2.05) is 41.3 Å². The van der Waals surface area contributed by atoms with Crippen LogP contribution in [0.5, 0.6) is 0 Å². The molecule has 8 nitrogen and oxygen atoms in total. The van der Waals surface area contributed by atoms with Crippen molar-refractivity contribution in [3.05, 3.63) is 71.2 Å². The summed E-state index contributed by atoms with van der Waals surface area (Å²) in [5.74, 6) is 0.410. The Bertz CT molecular complexity index is 1330. The third-order valence-electron chi connectivity index (χ3n) is 6.04. The molecule has 0 bridgehead atoms. The number of piperazine rings is 1. The lowest BCUT2D eigenvalue weighted by molar-refractivity contribution is -0.825. The number of carbonyl (C=O) groups excluding carboxylic acids is 1. The quantitative estimate of drug-likeness (QED) is 0.355. The normalized spacial score (nSPS) is 14.2. The summed E-state index contributed by atoms with van der Waals surface area (Å²) in [7, 11) is 0. The Hall–Kier alpha value is -3.46. The number of pyridine rings is 1. The van der Waals surface area contributed by atoms with Crippen LogP contribution in [0, 0.1) is 6.92 Å². The molecular formula is C24H23ClN5O3+. The summed E-state index contributed by atoms with van der Waals surface area (Å²) in [5, 5.41) is 15.9. The smallest absolute Gasteiger partial charge is 0.259 e. The number of amides is 1. The molecule has 1 aliphatic rings. The van der Waals surface area contributed by atoms with Crippen LogP contribution < -0.4 is 10.4 Å². The van der Waals surface area contributed by atoms with Crippen LogP contribution >= 0.6 is 11.6 Å². The Kier molecular flexibility index (Phi) is 5.72. The van der Waals surface area contributed by atoms with E-state index in [0.717, 1.165) is 27.5 Å². The number of carbonyl (C=O) groups is 1. The van der Waals surface area contributed by atoms with E-state index in [9.17, 15) is 10.0 Å². The molecule has 3 heterocycles. The summed E-state index contributed by atoms with van der Waals surface area (Å²) in [6.45, 7) is 4.16. The van der Waals surface area contributed by atoms with E-state index in [2.05, 4.69) is 15.0 Å². The number of halogens is 1. The van der Waals surface area contributed by atoms with Gasteiger partial charge in [0.05, 0.1) is 10.7 Å². The second-order valence-corrected chi connectivity index (χ2v) is 8.39. The van der Waals surface area contributed by atoms with Gasteiger partial charge in [0.15, 0.2) is 5.69 Å². The molecule has 1 fully saturated rings. The van der Waals surface area contributed by atoms with Crippen LogP contribution in [-0.2, 0) is 0 Å². The Morgan fingerprint density at radius 3 is 2.73 bits per heavy atom. The number of nitrogens with zero attached hydrogens (tertiary/aromatic N) is 4. The van der Waals surface area contributed by atoms with Crippen LogP contribution in [0.4, 0.5) is 11.4 Å². The van der Waals surface area contributed by atoms with E-state index >= 15 is 0 Å². The Morgan fingerprint density at radius 2 is 1.97 bits per heavy atom. The maximum Gasteiger partial charge on any atom is 0.259 e. The SMILES string of the molecule is Cc1onc(-c2cccc3cnccc23)c1C(=O)N1CCN(c2ccc([NH2+]O)cc2Cl)CC1. The lowest BCUT2D eigenvalue weighted by Crippen LogP contribution is -2.73. The molecule has 0 unspecified atom stereocenters. The number of aryl methyl sites for hydroxylation is 1. The van der Waals surface area contributed by atoms with Crippen LogP contribution in [0.1, 0.15) is 16.1 Å². The number of hydrogen-bond acceptors (Lipinski definition) is 6.